The lowest BCUT2D eigenvalue weighted by Gasteiger charge is -2.35. The first-order valence-corrected chi connectivity index (χ1v) is 13.1. The molecule has 0 radical (unpaired) electrons. The third-order valence-corrected chi connectivity index (χ3v) is 8.24. The lowest BCUT2D eigenvalue weighted by Crippen LogP contribution is -2.30. The molecule has 3 rings (SSSR count). The van der Waals surface area contributed by atoms with E-state index in [9.17, 15) is 0 Å². The van der Waals surface area contributed by atoms with Crippen LogP contribution in [0.1, 0.15) is 65.7 Å². The van der Waals surface area contributed by atoms with E-state index < -0.39 is 0 Å². The number of benzene rings is 2. The summed E-state index contributed by atoms with van der Waals surface area (Å²) in [7, 11) is 0. The van der Waals surface area contributed by atoms with Gasteiger partial charge in [0.15, 0.2) is 4.20 Å². The fraction of sp³-hybridized carbons (Fsp3) is 0.520. The summed E-state index contributed by atoms with van der Waals surface area (Å²) in [6.07, 6.45) is 9.00. The predicted octanol–water partition coefficient (Wildman–Crippen LogP) is 7.97. The van der Waals surface area contributed by atoms with E-state index in [0.29, 0.717) is 5.92 Å². The molecule has 1 atom stereocenters. The molecule has 1 aromatic heterocycles. The van der Waals surface area contributed by atoms with Crippen molar-refractivity contribution in [3.63, 3.8) is 0 Å². The van der Waals surface area contributed by atoms with E-state index in [1.54, 1.807) is 0 Å². The molecular weight excluding hydrogens is 406 g/mol. The molecule has 0 fully saturated rings. The molecule has 0 spiro atoms. The molecule has 0 amide bonds. The van der Waals surface area contributed by atoms with Gasteiger partial charge in [-0.2, -0.15) is 0 Å². The van der Waals surface area contributed by atoms with E-state index in [0.717, 1.165) is 23.2 Å². The summed E-state index contributed by atoms with van der Waals surface area (Å²) in [6.45, 7) is 6.90. The van der Waals surface area contributed by atoms with Gasteiger partial charge < -0.3 is 0 Å². The zero-order valence-corrected chi connectivity index (χ0v) is 20.2. The van der Waals surface area contributed by atoms with E-state index in [-0.39, 0.29) is 4.20 Å². The molecule has 3 aromatic rings. The minimum absolute atomic E-state index is 0.199. The summed E-state index contributed by atoms with van der Waals surface area (Å²) in [4.78, 5) is 1.29. The summed E-state index contributed by atoms with van der Waals surface area (Å²) in [6, 6.07) is 19.1. The fourth-order valence-electron chi connectivity index (χ4n) is 3.74. The number of aromatic nitrogens is 3. The Bertz CT molecular complexity index is 878. The summed E-state index contributed by atoms with van der Waals surface area (Å²) >= 11 is 3.98. The zero-order chi connectivity index (χ0) is 21.2. The summed E-state index contributed by atoms with van der Waals surface area (Å²) in [5.41, 5.74) is 2.09. The van der Waals surface area contributed by atoms with E-state index in [1.807, 2.05) is 17.8 Å². The van der Waals surface area contributed by atoms with E-state index in [2.05, 4.69) is 96.1 Å². The Hall–Kier alpha value is -1.46. The molecule has 0 N–H and O–H groups in total. The maximum absolute atomic E-state index is 4.68. The smallest absolute Gasteiger partial charge is 0.160 e. The Morgan fingerprint density at radius 2 is 1.60 bits per heavy atom. The number of nitrogens with zero attached hydrogens (tertiary/aromatic N) is 3. The molecule has 0 aliphatic heterocycles. The lowest BCUT2D eigenvalue weighted by atomic mass is 10.1. The van der Waals surface area contributed by atoms with Gasteiger partial charge in [-0.15, -0.1) is 16.9 Å². The molecule has 0 saturated carbocycles. The van der Waals surface area contributed by atoms with Gasteiger partial charge in [0, 0.05) is 4.90 Å². The van der Waals surface area contributed by atoms with Crippen molar-refractivity contribution < 1.29 is 0 Å². The highest BCUT2D eigenvalue weighted by atomic mass is 32.2. The normalized spacial score (nSPS) is 13.7. The van der Waals surface area contributed by atoms with Crippen LogP contribution in [-0.2, 0) is 4.20 Å². The summed E-state index contributed by atoms with van der Waals surface area (Å²) in [5.74, 6) is 1.70. The minimum Gasteiger partial charge on any atom is -0.218 e. The van der Waals surface area contributed by atoms with Gasteiger partial charge in [0.05, 0.1) is 5.52 Å². The molecule has 0 aliphatic rings. The standard InChI is InChI=1S/C25H35N3S2/c1-4-5-6-7-8-14-19-29-25(20-21(2)3,30-22-15-10-9-11-16-22)28-24-18-13-12-17-23(24)26-27-28/h9-13,15-18,21H,4-8,14,19-20H2,1-3H3. The molecule has 0 bridgehead atoms. The van der Waals surface area contributed by atoms with Crippen LogP contribution < -0.4 is 0 Å². The molecule has 30 heavy (non-hydrogen) atoms. The van der Waals surface area contributed by atoms with Crippen molar-refractivity contribution in [3.05, 3.63) is 54.6 Å². The van der Waals surface area contributed by atoms with Gasteiger partial charge in [0.1, 0.15) is 5.52 Å². The van der Waals surface area contributed by atoms with Gasteiger partial charge in [-0.25, -0.2) is 4.68 Å². The van der Waals surface area contributed by atoms with Crippen molar-refractivity contribution in [2.45, 2.75) is 74.8 Å². The van der Waals surface area contributed by atoms with Crippen LogP contribution in [0.3, 0.4) is 0 Å². The van der Waals surface area contributed by atoms with E-state index >= 15 is 0 Å². The molecule has 0 saturated heterocycles. The van der Waals surface area contributed by atoms with Crippen molar-refractivity contribution >= 4 is 34.6 Å². The topological polar surface area (TPSA) is 30.7 Å². The number of para-hydroxylation sites is 1. The fourth-order valence-corrected chi connectivity index (χ4v) is 7.19. The average molecular weight is 442 g/mol. The van der Waals surface area contributed by atoms with Crippen LogP contribution in [0, 0.1) is 5.92 Å². The van der Waals surface area contributed by atoms with Crippen LogP contribution in [0.15, 0.2) is 59.5 Å². The number of unbranched alkanes of at least 4 members (excludes halogenated alkanes) is 5. The van der Waals surface area contributed by atoms with Gasteiger partial charge >= 0.3 is 0 Å². The molecular formula is C25H35N3S2. The summed E-state index contributed by atoms with van der Waals surface area (Å²) in [5, 5.41) is 9.18. The van der Waals surface area contributed by atoms with Crippen LogP contribution in [-0.4, -0.2) is 20.7 Å². The molecule has 0 aliphatic carbocycles. The maximum Gasteiger partial charge on any atom is 0.160 e. The number of hydrogen-bond acceptors (Lipinski definition) is 4. The predicted molar refractivity (Wildman–Crippen MR) is 133 cm³/mol. The molecule has 3 nitrogen and oxygen atoms in total. The maximum atomic E-state index is 4.68. The molecule has 5 heteroatoms. The van der Waals surface area contributed by atoms with Crippen LogP contribution in [0.25, 0.3) is 11.0 Å². The Balaban J connectivity index is 1.86. The minimum atomic E-state index is -0.199. The Morgan fingerprint density at radius 1 is 0.900 bits per heavy atom. The van der Waals surface area contributed by atoms with Gasteiger partial charge in [0.2, 0.25) is 0 Å². The number of hydrogen-bond donors (Lipinski definition) is 0. The second kappa shape index (κ2) is 11.8. The number of thioether (sulfide) groups is 2. The monoisotopic (exact) mass is 441 g/mol. The summed E-state index contributed by atoms with van der Waals surface area (Å²) < 4.78 is 2.00. The van der Waals surface area contributed by atoms with E-state index in [1.165, 1.54) is 43.4 Å². The van der Waals surface area contributed by atoms with Crippen molar-refractivity contribution in [2.24, 2.45) is 5.92 Å². The van der Waals surface area contributed by atoms with Crippen molar-refractivity contribution in [2.75, 3.05) is 5.75 Å². The van der Waals surface area contributed by atoms with Crippen molar-refractivity contribution in [1.29, 1.82) is 0 Å². The van der Waals surface area contributed by atoms with Gasteiger partial charge in [-0.05, 0) is 48.8 Å². The quantitative estimate of drug-likeness (QED) is 0.153. The second-order valence-electron chi connectivity index (χ2n) is 8.33. The zero-order valence-electron chi connectivity index (χ0n) is 18.6. The Kier molecular flexibility index (Phi) is 9.13. The van der Waals surface area contributed by atoms with Crippen LogP contribution in [0.4, 0.5) is 0 Å². The van der Waals surface area contributed by atoms with Gasteiger partial charge in [-0.1, -0.05) is 100 Å². The van der Waals surface area contributed by atoms with Crippen molar-refractivity contribution in [3.8, 4) is 0 Å². The van der Waals surface area contributed by atoms with Crippen LogP contribution in [0.5, 0.6) is 0 Å². The van der Waals surface area contributed by atoms with Crippen LogP contribution >= 0.6 is 23.5 Å². The van der Waals surface area contributed by atoms with Crippen LogP contribution in [0.2, 0.25) is 0 Å². The Morgan fingerprint density at radius 3 is 2.37 bits per heavy atom. The molecule has 1 unspecified atom stereocenters. The van der Waals surface area contributed by atoms with Gasteiger partial charge in [0.25, 0.3) is 0 Å². The Labute approximate surface area is 190 Å². The average Bonchev–Trinajstić information content (AvgIpc) is 3.18. The highest BCUT2D eigenvalue weighted by Gasteiger charge is 2.37. The third-order valence-electron chi connectivity index (χ3n) is 5.19. The largest absolute Gasteiger partial charge is 0.218 e. The highest BCUT2D eigenvalue weighted by Crippen LogP contribution is 2.51. The number of rotatable bonds is 13. The first-order chi connectivity index (χ1) is 14.6. The first kappa shape index (κ1) is 23.2. The van der Waals surface area contributed by atoms with E-state index in [4.69, 9.17) is 0 Å². The lowest BCUT2D eigenvalue weighted by molar-refractivity contribution is 0.441. The molecule has 2 aromatic carbocycles. The first-order valence-electron chi connectivity index (χ1n) is 11.3. The molecule has 1 heterocycles. The second-order valence-corrected chi connectivity index (χ2v) is 11.3. The number of fused-ring (bicyclic) bond motifs is 1. The SMILES string of the molecule is CCCCCCCCSC(CC(C)C)(Sc1ccccc1)n1nnc2ccccc21. The van der Waals surface area contributed by atoms with Crippen molar-refractivity contribution in [1.82, 2.24) is 15.0 Å². The highest BCUT2D eigenvalue weighted by molar-refractivity contribution is 8.17. The third kappa shape index (κ3) is 6.27. The van der Waals surface area contributed by atoms with Gasteiger partial charge in [-0.3, -0.25) is 0 Å². The molecule has 162 valence electrons.